The summed E-state index contributed by atoms with van der Waals surface area (Å²) in [6, 6.07) is 4.46. The van der Waals surface area contributed by atoms with Gasteiger partial charge < -0.3 is 14.6 Å². The van der Waals surface area contributed by atoms with Gasteiger partial charge in [-0.05, 0) is 18.6 Å². The SMILES string of the molecule is COc1ccc(S(=O)(=O)N2CC[C@H](O)C2)cc1OC. The summed E-state index contributed by atoms with van der Waals surface area (Å²) in [5.41, 5.74) is 0. The summed E-state index contributed by atoms with van der Waals surface area (Å²) in [5.74, 6) is 0.839. The maximum Gasteiger partial charge on any atom is 0.243 e. The first-order valence-corrected chi connectivity index (χ1v) is 7.33. The molecular weight excluding hydrogens is 270 g/mol. The summed E-state index contributed by atoms with van der Waals surface area (Å²) >= 11 is 0. The van der Waals surface area contributed by atoms with Crippen LogP contribution >= 0.6 is 0 Å². The second-order valence-corrected chi connectivity index (χ2v) is 6.26. The van der Waals surface area contributed by atoms with Crippen LogP contribution in [0.3, 0.4) is 0 Å². The maximum atomic E-state index is 12.4. The van der Waals surface area contributed by atoms with Gasteiger partial charge in [-0.25, -0.2) is 8.42 Å². The van der Waals surface area contributed by atoms with Crippen LogP contribution in [-0.4, -0.2) is 51.2 Å². The Morgan fingerprint density at radius 1 is 1.26 bits per heavy atom. The molecule has 1 fully saturated rings. The van der Waals surface area contributed by atoms with Crippen molar-refractivity contribution in [1.29, 1.82) is 0 Å². The number of aliphatic hydroxyl groups is 1. The van der Waals surface area contributed by atoms with Gasteiger partial charge in [0.1, 0.15) is 0 Å². The molecule has 7 heteroatoms. The van der Waals surface area contributed by atoms with Crippen molar-refractivity contribution < 1.29 is 23.0 Å². The molecule has 0 bridgehead atoms. The summed E-state index contributed by atoms with van der Waals surface area (Å²) in [4.78, 5) is 0.138. The second-order valence-electron chi connectivity index (χ2n) is 4.32. The Labute approximate surface area is 112 Å². The predicted molar refractivity (Wildman–Crippen MR) is 68.9 cm³/mol. The minimum Gasteiger partial charge on any atom is -0.493 e. The van der Waals surface area contributed by atoms with E-state index in [4.69, 9.17) is 9.47 Å². The Morgan fingerprint density at radius 3 is 2.47 bits per heavy atom. The van der Waals surface area contributed by atoms with Crippen LogP contribution in [0.4, 0.5) is 0 Å². The summed E-state index contributed by atoms with van der Waals surface area (Å²) in [5, 5.41) is 9.44. The number of hydrogen-bond donors (Lipinski definition) is 1. The Morgan fingerprint density at radius 2 is 1.95 bits per heavy atom. The molecule has 1 atom stereocenters. The van der Waals surface area contributed by atoms with Gasteiger partial charge in [-0.15, -0.1) is 0 Å². The van der Waals surface area contributed by atoms with Crippen molar-refractivity contribution in [2.75, 3.05) is 27.3 Å². The predicted octanol–water partition coefficient (Wildman–Crippen LogP) is 0.459. The van der Waals surface area contributed by atoms with Crippen LogP contribution in [-0.2, 0) is 10.0 Å². The minimum atomic E-state index is -3.59. The van der Waals surface area contributed by atoms with E-state index in [2.05, 4.69) is 0 Å². The average Bonchev–Trinajstić information content (AvgIpc) is 2.85. The molecule has 6 nitrogen and oxygen atoms in total. The highest BCUT2D eigenvalue weighted by Crippen LogP contribution is 2.31. The first-order chi connectivity index (χ1) is 8.98. The molecule has 2 rings (SSSR count). The smallest absolute Gasteiger partial charge is 0.243 e. The van der Waals surface area contributed by atoms with Crippen LogP contribution in [0.1, 0.15) is 6.42 Å². The number of β-amino-alcohol motifs (C(OH)–C–C–N with tert-alkyl or cyclic N) is 1. The van der Waals surface area contributed by atoms with Gasteiger partial charge in [0.05, 0.1) is 25.2 Å². The van der Waals surface area contributed by atoms with Gasteiger partial charge >= 0.3 is 0 Å². The maximum absolute atomic E-state index is 12.4. The minimum absolute atomic E-state index is 0.136. The number of aliphatic hydroxyl groups excluding tert-OH is 1. The lowest BCUT2D eigenvalue weighted by atomic mass is 10.3. The molecule has 0 unspecified atom stereocenters. The number of hydrogen-bond acceptors (Lipinski definition) is 5. The molecule has 1 heterocycles. The first-order valence-electron chi connectivity index (χ1n) is 5.89. The molecule has 0 saturated carbocycles. The molecule has 19 heavy (non-hydrogen) atoms. The molecule has 1 saturated heterocycles. The zero-order valence-electron chi connectivity index (χ0n) is 10.9. The zero-order valence-corrected chi connectivity index (χ0v) is 11.7. The van der Waals surface area contributed by atoms with Gasteiger partial charge in [0, 0.05) is 19.2 Å². The standard InChI is InChI=1S/C12H17NO5S/c1-17-11-4-3-10(7-12(11)18-2)19(15,16)13-6-5-9(14)8-13/h3-4,7,9,14H,5-6,8H2,1-2H3/t9-/m0/s1. The van der Waals surface area contributed by atoms with E-state index in [-0.39, 0.29) is 11.4 Å². The number of nitrogens with zero attached hydrogens (tertiary/aromatic N) is 1. The molecule has 0 amide bonds. The van der Waals surface area contributed by atoms with Crippen molar-refractivity contribution in [1.82, 2.24) is 4.31 Å². The highest BCUT2D eigenvalue weighted by molar-refractivity contribution is 7.89. The quantitative estimate of drug-likeness (QED) is 0.870. The summed E-state index contributed by atoms with van der Waals surface area (Å²) in [7, 11) is -0.650. The van der Waals surface area contributed by atoms with Crippen molar-refractivity contribution in [3.05, 3.63) is 18.2 Å². The van der Waals surface area contributed by atoms with Gasteiger partial charge in [0.15, 0.2) is 11.5 Å². The van der Waals surface area contributed by atoms with Crippen LogP contribution < -0.4 is 9.47 Å². The third-order valence-corrected chi connectivity index (χ3v) is 4.98. The van der Waals surface area contributed by atoms with E-state index in [0.717, 1.165) is 0 Å². The van der Waals surface area contributed by atoms with Crippen molar-refractivity contribution in [3.63, 3.8) is 0 Å². The Kier molecular flexibility index (Phi) is 3.98. The van der Waals surface area contributed by atoms with Gasteiger partial charge in [-0.1, -0.05) is 0 Å². The van der Waals surface area contributed by atoms with Crippen molar-refractivity contribution in [2.24, 2.45) is 0 Å². The average molecular weight is 287 g/mol. The first kappa shape index (κ1) is 14.1. The fourth-order valence-electron chi connectivity index (χ4n) is 2.06. The van der Waals surface area contributed by atoms with E-state index >= 15 is 0 Å². The van der Waals surface area contributed by atoms with Crippen molar-refractivity contribution in [2.45, 2.75) is 17.4 Å². The Hall–Kier alpha value is -1.31. The lowest BCUT2D eigenvalue weighted by Crippen LogP contribution is -2.29. The normalized spacial score (nSPS) is 20.5. The molecule has 0 aliphatic carbocycles. The third kappa shape index (κ3) is 2.68. The monoisotopic (exact) mass is 287 g/mol. The molecule has 0 spiro atoms. The van der Waals surface area contributed by atoms with Crippen LogP contribution in [0.2, 0.25) is 0 Å². The topological polar surface area (TPSA) is 76.1 Å². The molecule has 1 N–H and O–H groups in total. The number of rotatable bonds is 4. The van der Waals surface area contributed by atoms with Gasteiger partial charge in [-0.3, -0.25) is 0 Å². The van der Waals surface area contributed by atoms with E-state index < -0.39 is 16.1 Å². The van der Waals surface area contributed by atoms with E-state index in [1.165, 1.54) is 30.7 Å². The molecule has 106 valence electrons. The van der Waals surface area contributed by atoms with Crippen LogP contribution in [0, 0.1) is 0 Å². The lowest BCUT2D eigenvalue weighted by molar-refractivity contribution is 0.189. The lowest BCUT2D eigenvalue weighted by Gasteiger charge is -2.17. The van der Waals surface area contributed by atoms with Crippen LogP contribution in [0.5, 0.6) is 11.5 Å². The van der Waals surface area contributed by atoms with Gasteiger partial charge in [-0.2, -0.15) is 4.31 Å². The van der Waals surface area contributed by atoms with E-state index in [1.807, 2.05) is 0 Å². The largest absolute Gasteiger partial charge is 0.493 e. The van der Waals surface area contributed by atoms with Gasteiger partial charge in [0.25, 0.3) is 0 Å². The number of benzene rings is 1. The zero-order chi connectivity index (χ0) is 14.0. The molecule has 0 radical (unpaired) electrons. The molecule has 0 aromatic heterocycles. The Bertz CT molecular complexity index is 557. The van der Waals surface area contributed by atoms with Crippen molar-refractivity contribution in [3.8, 4) is 11.5 Å². The second kappa shape index (κ2) is 5.36. The van der Waals surface area contributed by atoms with E-state index in [1.54, 1.807) is 6.07 Å². The van der Waals surface area contributed by atoms with E-state index in [0.29, 0.717) is 24.5 Å². The summed E-state index contributed by atoms with van der Waals surface area (Å²) < 4.78 is 36.2. The fraction of sp³-hybridized carbons (Fsp3) is 0.500. The molecule has 1 aromatic carbocycles. The fourth-order valence-corrected chi connectivity index (χ4v) is 3.56. The number of methoxy groups -OCH3 is 2. The highest BCUT2D eigenvalue weighted by atomic mass is 32.2. The van der Waals surface area contributed by atoms with E-state index in [9.17, 15) is 13.5 Å². The number of sulfonamides is 1. The van der Waals surface area contributed by atoms with Crippen molar-refractivity contribution >= 4 is 10.0 Å². The third-order valence-electron chi connectivity index (χ3n) is 3.12. The molecular formula is C12H17NO5S. The summed E-state index contributed by atoms with van der Waals surface area (Å²) in [6.45, 7) is 0.467. The molecule has 1 aliphatic rings. The van der Waals surface area contributed by atoms with Crippen LogP contribution in [0.15, 0.2) is 23.1 Å². The summed E-state index contributed by atoms with van der Waals surface area (Å²) in [6.07, 6.45) is -0.123. The van der Waals surface area contributed by atoms with Gasteiger partial charge in [0.2, 0.25) is 10.0 Å². The van der Waals surface area contributed by atoms with Crippen LogP contribution in [0.25, 0.3) is 0 Å². The highest BCUT2D eigenvalue weighted by Gasteiger charge is 2.32. The Balaban J connectivity index is 2.35. The number of ether oxygens (including phenoxy) is 2. The molecule has 1 aromatic rings. The molecule has 1 aliphatic heterocycles.